The maximum absolute atomic E-state index is 12.7. The van der Waals surface area contributed by atoms with Gasteiger partial charge >= 0.3 is 0 Å². The number of aromatic nitrogens is 3. The summed E-state index contributed by atoms with van der Waals surface area (Å²) in [5, 5.41) is 0.453. The fourth-order valence-corrected chi connectivity index (χ4v) is 2.19. The Morgan fingerprint density at radius 1 is 1.32 bits per heavy atom. The van der Waals surface area contributed by atoms with Crippen molar-refractivity contribution in [1.29, 1.82) is 0 Å². The summed E-state index contributed by atoms with van der Waals surface area (Å²) >= 11 is 5.93. The van der Waals surface area contributed by atoms with Crippen molar-refractivity contribution in [1.82, 2.24) is 24.8 Å². The number of pyridine rings is 1. The highest BCUT2D eigenvalue weighted by Crippen LogP contribution is 2.13. The minimum absolute atomic E-state index is 0.0979. The van der Waals surface area contributed by atoms with Gasteiger partial charge in [0, 0.05) is 31.2 Å². The van der Waals surface area contributed by atoms with Gasteiger partial charge in [-0.15, -0.1) is 0 Å². The minimum Gasteiger partial charge on any atom is -0.348 e. The van der Waals surface area contributed by atoms with Crippen molar-refractivity contribution in [3.63, 3.8) is 0 Å². The van der Waals surface area contributed by atoms with Crippen molar-refractivity contribution in [2.45, 2.75) is 13.5 Å². The first-order valence-corrected chi connectivity index (χ1v) is 7.38. The Hall–Kier alpha value is -1.92. The molecule has 2 heterocycles. The third-order valence-corrected chi connectivity index (χ3v) is 3.54. The first-order valence-electron chi connectivity index (χ1n) is 7.00. The van der Waals surface area contributed by atoms with E-state index in [2.05, 4.69) is 15.0 Å². The molecule has 0 atom stereocenters. The number of hydrogen-bond donors (Lipinski definition) is 1. The predicted molar refractivity (Wildman–Crippen MR) is 85.9 cm³/mol. The number of halogens is 1. The van der Waals surface area contributed by atoms with Gasteiger partial charge in [-0.05, 0) is 27.1 Å². The molecule has 0 aliphatic heterocycles. The molecule has 0 aliphatic rings. The van der Waals surface area contributed by atoms with E-state index in [1.165, 1.54) is 12.4 Å². The van der Waals surface area contributed by atoms with Crippen LogP contribution >= 0.6 is 11.6 Å². The number of aryl methyl sites for hydroxylation is 1. The second-order valence-corrected chi connectivity index (χ2v) is 5.83. The predicted octanol–water partition coefficient (Wildman–Crippen LogP) is 1.97. The van der Waals surface area contributed by atoms with Crippen LogP contribution in [0.3, 0.4) is 0 Å². The smallest absolute Gasteiger partial charge is 0.255 e. The molecule has 0 fully saturated rings. The zero-order valence-electron chi connectivity index (χ0n) is 13.0. The van der Waals surface area contributed by atoms with Gasteiger partial charge in [0.05, 0.1) is 29.2 Å². The van der Waals surface area contributed by atoms with Gasteiger partial charge in [-0.2, -0.15) is 0 Å². The van der Waals surface area contributed by atoms with E-state index >= 15 is 0 Å². The summed E-state index contributed by atoms with van der Waals surface area (Å²) in [6.45, 7) is 3.76. The number of carbonyl (C=O) groups excluding carboxylic acids is 1. The highest BCUT2D eigenvalue weighted by Gasteiger charge is 2.18. The van der Waals surface area contributed by atoms with Gasteiger partial charge in [0.15, 0.2) is 0 Å². The second-order valence-electron chi connectivity index (χ2n) is 5.40. The zero-order valence-corrected chi connectivity index (χ0v) is 13.8. The molecule has 0 saturated carbocycles. The van der Waals surface area contributed by atoms with Gasteiger partial charge in [0.25, 0.3) is 5.91 Å². The van der Waals surface area contributed by atoms with Crippen LogP contribution in [0.2, 0.25) is 5.02 Å². The second kappa shape index (κ2) is 7.38. The fraction of sp³-hybridized carbons (Fsp3) is 0.400. The van der Waals surface area contributed by atoms with Crippen molar-refractivity contribution >= 4 is 17.5 Å². The molecule has 1 N–H and O–H groups in total. The van der Waals surface area contributed by atoms with Crippen LogP contribution in [0.4, 0.5) is 0 Å². The largest absolute Gasteiger partial charge is 0.348 e. The molecular formula is C15H20ClN5O. The standard InChI is InChI=1S/C15H20ClN5O/c1-11-14(19-10-18-11)9-21(5-4-20(2)3)15(22)12-6-13(16)8-17-7-12/h6-8,10H,4-5,9H2,1-3H3,(H,18,19). The lowest BCUT2D eigenvalue weighted by Crippen LogP contribution is -2.36. The van der Waals surface area contributed by atoms with Crippen molar-refractivity contribution in [3.8, 4) is 0 Å². The van der Waals surface area contributed by atoms with E-state index in [9.17, 15) is 4.79 Å². The van der Waals surface area contributed by atoms with Crippen LogP contribution in [0.25, 0.3) is 0 Å². The summed E-state index contributed by atoms with van der Waals surface area (Å²) < 4.78 is 0. The molecule has 0 bridgehead atoms. The van der Waals surface area contributed by atoms with Gasteiger partial charge < -0.3 is 14.8 Å². The summed E-state index contributed by atoms with van der Waals surface area (Å²) in [5.74, 6) is -0.0979. The topological polar surface area (TPSA) is 65.1 Å². The minimum atomic E-state index is -0.0979. The molecule has 0 radical (unpaired) electrons. The molecule has 0 unspecified atom stereocenters. The SMILES string of the molecule is Cc1[nH]cnc1CN(CCN(C)C)C(=O)c1cncc(Cl)c1. The molecule has 6 nitrogen and oxygen atoms in total. The van der Waals surface area contributed by atoms with E-state index < -0.39 is 0 Å². The van der Waals surface area contributed by atoms with E-state index in [0.29, 0.717) is 23.7 Å². The number of aromatic amines is 1. The maximum Gasteiger partial charge on any atom is 0.255 e. The molecule has 1 amide bonds. The third kappa shape index (κ3) is 4.29. The first kappa shape index (κ1) is 16.5. The summed E-state index contributed by atoms with van der Waals surface area (Å²) in [7, 11) is 3.95. The third-order valence-electron chi connectivity index (χ3n) is 3.33. The summed E-state index contributed by atoms with van der Waals surface area (Å²) in [6, 6.07) is 1.64. The number of hydrogen-bond acceptors (Lipinski definition) is 4. The van der Waals surface area contributed by atoms with Crippen molar-refractivity contribution in [2.75, 3.05) is 27.2 Å². The van der Waals surface area contributed by atoms with Crippen LogP contribution < -0.4 is 0 Å². The molecule has 22 heavy (non-hydrogen) atoms. The van der Waals surface area contributed by atoms with Gasteiger partial charge in [0.2, 0.25) is 0 Å². The van der Waals surface area contributed by atoms with E-state index in [4.69, 9.17) is 11.6 Å². The Kier molecular flexibility index (Phi) is 5.51. The van der Waals surface area contributed by atoms with E-state index in [1.807, 2.05) is 25.9 Å². The molecular weight excluding hydrogens is 302 g/mol. The molecule has 0 aromatic carbocycles. The number of H-pyrrole nitrogens is 1. The van der Waals surface area contributed by atoms with Crippen LogP contribution in [0.5, 0.6) is 0 Å². The number of nitrogens with zero attached hydrogens (tertiary/aromatic N) is 4. The van der Waals surface area contributed by atoms with Gasteiger partial charge in [-0.1, -0.05) is 11.6 Å². The maximum atomic E-state index is 12.7. The average molecular weight is 322 g/mol. The zero-order chi connectivity index (χ0) is 16.1. The normalized spacial score (nSPS) is 11.0. The summed E-state index contributed by atoms with van der Waals surface area (Å²) in [4.78, 5) is 27.8. The van der Waals surface area contributed by atoms with Crippen molar-refractivity contribution in [2.24, 2.45) is 0 Å². The van der Waals surface area contributed by atoms with Crippen LogP contribution in [-0.2, 0) is 6.54 Å². The quantitative estimate of drug-likeness (QED) is 0.883. The number of likely N-dealkylation sites (N-methyl/N-ethyl adjacent to an activating group) is 1. The highest BCUT2D eigenvalue weighted by molar-refractivity contribution is 6.30. The van der Waals surface area contributed by atoms with Crippen molar-refractivity contribution in [3.05, 3.63) is 46.8 Å². The lowest BCUT2D eigenvalue weighted by atomic mass is 10.2. The monoisotopic (exact) mass is 321 g/mol. The Morgan fingerprint density at radius 2 is 2.09 bits per heavy atom. The number of carbonyl (C=O) groups is 1. The molecule has 0 spiro atoms. The number of imidazole rings is 1. The van der Waals surface area contributed by atoms with Crippen LogP contribution in [-0.4, -0.2) is 57.8 Å². The van der Waals surface area contributed by atoms with E-state index in [1.54, 1.807) is 17.3 Å². The Bertz CT molecular complexity index is 640. The van der Waals surface area contributed by atoms with Crippen LogP contribution in [0.1, 0.15) is 21.7 Å². The molecule has 2 aromatic heterocycles. The van der Waals surface area contributed by atoms with Gasteiger partial charge in [-0.25, -0.2) is 4.98 Å². The molecule has 0 aliphatic carbocycles. The van der Waals surface area contributed by atoms with Gasteiger partial charge in [0.1, 0.15) is 0 Å². The number of amides is 1. The average Bonchev–Trinajstić information content (AvgIpc) is 2.87. The lowest BCUT2D eigenvalue weighted by molar-refractivity contribution is 0.0729. The summed E-state index contributed by atoms with van der Waals surface area (Å²) in [6.07, 6.45) is 4.69. The van der Waals surface area contributed by atoms with Crippen molar-refractivity contribution < 1.29 is 4.79 Å². The van der Waals surface area contributed by atoms with E-state index in [0.717, 1.165) is 17.9 Å². The molecule has 2 rings (SSSR count). The summed E-state index contributed by atoms with van der Waals surface area (Å²) in [5.41, 5.74) is 2.31. The molecule has 7 heteroatoms. The lowest BCUT2D eigenvalue weighted by Gasteiger charge is -2.24. The molecule has 0 saturated heterocycles. The highest BCUT2D eigenvalue weighted by atomic mass is 35.5. The fourth-order valence-electron chi connectivity index (χ4n) is 2.01. The van der Waals surface area contributed by atoms with Gasteiger partial charge in [-0.3, -0.25) is 9.78 Å². The molecule has 2 aromatic rings. The Morgan fingerprint density at radius 3 is 2.68 bits per heavy atom. The number of nitrogens with one attached hydrogen (secondary N) is 1. The van der Waals surface area contributed by atoms with Crippen LogP contribution in [0, 0.1) is 6.92 Å². The Labute approximate surface area is 135 Å². The Balaban J connectivity index is 2.19. The van der Waals surface area contributed by atoms with E-state index in [-0.39, 0.29) is 5.91 Å². The first-order chi connectivity index (χ1) is 10.5. The van der Waals surface area contributed by atoms with Crippen LogP contribution in [0.15, 0.2) is 24.8 Å². The number of rotatable bonds is 6. The molecule has 118 valence electrons.